The highest BCUT2D eigenvalue weighted by molar-refractivity contribution is 9.10. The standard InChI is InChI=1S/C13H25BrN2O/c1-10(2)16-8-6-11(7-9-16)15(5)12(17)13(3,4)14/h10-11H,6-9H2,1-5H3. The predicted octanol–water partition coefficient (Wildman–Crippen LogP) is 2.49. The first kappa shape index (κ1) is 15.0. The van der Waals surface area contributed by atoms with Crippen molar-refractivity contribution in [1.82, 2.24) is 9.80 Å². The zero-order chi connectivity index (χ0) is 13.2. The van der Waals surface area contributed by atoms with E-state index < -0.39 is 4.32 Å². The van der Waals surface area contributed by atoms with Gasteiger partial charge in [0.25, 0.3) is 0 Å². The number of piperidine rings is 1. The molecule has 0 radical (unpaired) electrons. The van der Waals surface area contributed by atoms with Gasteiger partial charge in [-0.3, -0.25) is 4.79 Å². The molecule has 17 heavy (non-hydrogen) atoms. The number of halogens is 1. The maximum atomic E-state index is 12.1. The van der Waals surface area contributed by atoms with Crippen molar-refractivity contribution < 1.29 is 4.79 Å². The van der Waals surface area contributed by atoms with E-state index >= 15 is 0 Å². The molecule has 1 heterocycles. The van der Waals surface area contributed by atoms with Crippen molar-refractivity contribution in [2.45, 2.75) is 56.9 Å². The summed E-state index contributed by atoms with van der Waals surface area (Å²) in [5, 5.41) is 0. The summed E-state index contributed by atoms with van der Waals surface area (Å²) in [6.07, 6.45) is 2.17. The van der Waals surface area contributed by atoms with Crippen LogP contribution < -0.4 is 0 Å². The van der Waals surface area contributed by atoms with Gasteiger partial charge in [0.2, 0.25) is 5.91 Å². The Bertz CT molecular complexity index is 265. The molecule has 0 aromatic rings. The Kier molecular flexibility index (Phi) is 5.02. The zero-order valence-electron chi connectivity index (χ0n) is 11.7. The third-order valence-electron chi connectivity index (χ3n) is 3.61. The molecule has 0 aromatic carbocycles. The monoisotopic (exact) mass is 304 g/mol. The molecule has 0 unspecified atom stereocenters. The summed E-state index contributed by atoms with van der Waals surface area (Å²) in [7, 11) is 1.93. The van der Waals surface area contributed by atoms with Gasteiger partial charge in [0.15, 0.2) is 0 Å². The van der Waals surface area contributed by atoms with E-state index in [0.29, 0.717) is 12.1 Å². The van der Waals surface area contributed by atoms with E-state index in [1.807, 2.05) is 25.8 Å². The van der Waals surface area contributed by atoms with Gasteiger partial charge in [-0.05, 0) is 40.5 Å². The van der Waals surface area contributed by atoms with E-state index in [1.165, 1.54) is 0 Å². The molecule has 0 N–H and O–H groups in total. The van der Waals surface area contributed by atoms with Gasteiger partial charge in [0.05, 0.1) is 4.32 Å². The van der Waals surface area contributed by atoms with Crippen LogP contribution in [0, 0.1) is 0 Å². The molecule has 3 nitrogen and oxygen atoms in total. The summed E-state index contributed by atoms with van der Waals surface area (Å²) >= 11 is 3.44. The van der Waals surface area contributed by atoms with E-state index in [2.05, 4.69) is 34.7 Å². The quantitative estimate of drug-likeness (QED) is 0.748. The van der Waals surface area contributed by atoms with E-state index in [-0.39, 0.29) is 5.91 Å². The maximum Gasteiger partial charge on any atom is 0.238 e. The molecule has 0 bridgehead atoms. The van der Waals surface area contributed by atoms with Crippen LogP contribution in [0.1, 0.15) is 40.5 Å². The number of alkyl halides is 1. The van der Waals surface area contributed by atoms with Crippen molar-refractivity contribution in [1.29, 1.82) is 0 Å². The molecule has 0 aromatic heterocycles. The Morgan fingerprint density at radius 1 is 1.35 bits per heavy atom. The van der Waals surface area contributed by atoms with E-state index in [1.54, 1.807) is 0 Å². The van der Waals surface area contributed by atoms with Crippen LogP contribution in [0.3, 0.4) is 0 Å². The van der Waals surface area contributed by atoms with Gasteiger partial charge in [-0.1, -0.05) is 15.9 Å². The minimum atomic E-state index is -0.447. The molecule has 4 heteroatoms. The summed E-state index contributed by atoms with van der Waals surface area (Å²) in [5.41, 5.74) is 0. The lowest BCUT2D eigenvalue weighted by molar-refractivity contribution is -0.134. The SMILES string of the molecule is CC(C)N1CCC(N(C)C(=O)C(C)(C)Br)CC1. The van der Waals surface area contributed by atoms with Crippen LogP contribution in [0.25, 0.3) is 0 Å². The Labute approximate surface area is 114 Å². The number of hydrogen-bond acceptors (Lipinski definition) is 2. The highest BCUT2D eigenvalue weighted by atomic mass is 79.9. The Hall–Kier alpha value is -0.0900. The fraction of sp³-hybridized carbons (Fsp3) is 0.923. The molecule has 0 atom stereocenters. The first-order chi connectivity index (χ1) is 7.73. The summed E-state index contributed by atoms with van der Waals surface area (Å²) in [4.78, 5) is 16.5. The van der Waals surface area contributed by atoms with Crippen LogP contribution in [0.5, 0.6) is 0 Å². The van der Waals surface area contributed by atoms with Gasteiger partial charge in [0, 0.05) is 32.2 Å². The zero-order valence-corrected chi connectivity index (χ0v) is 13.2. The van der Waals surface area contributed by atoms with Crippen molar-refractivity contribution in [3.05, 3.63) is 0 Å². The van der Waals surface area contributed by atoms with E-state index in [4.69, 9.17) is 0 Å². The van der Waals surface area contributed by atoms with Crippen molar-refractivity contribution in [3.8, 4) is 0 Å². The second-order valence-corrected chi connectivity index (χ2v) is 7.73. The van der Waals surface area contributed by atoms with Gasteiger partial charge < -0.3 is 9.80 Å². The molecule has 1 aliphatic rings. The Morgan fingerprint density at radius 3 is 2.18 bits per heavy atom. The number of carbonyl (C=O) groups is 1. The molecular weight excluding hydrogens is 280 g/mol. The Morgan fingerprint density at radius 2 is 1.82 bits per heavy atom. The van der Waals surface area contributed by atoms with Crippen LogP contribution in [0.4, 0.5) is 0 Å². The molecular formula is C13H25BrN2O. The maximum absolute atomic E-state index is 12.1. The molecule has 1 amide bonds. The number of rotatable bonds is 3. The average Bonchev–Trinajstić information content (AvgIpc) is 2.26. The highest BCUT2D eigenvalue weighted by Crippen LogP contribution is 2.23. The topological polar surface area (TPSA) is 23.6 Å². The van der Waals surface area contributed by atoms with Gasteiger partial charge >= 0.3 is 0 Å². The number of nitrogens with zero attached hydrogens (tertiary/aromatic N) is 2. The lowest BCUT2D eigenvalue weighted by Crippen LogP contribution is -2.50. The van der Waals surface area contributed by atoms with Gasteiger partial charge in [-0.25, -0.2) is 0 Å². The number of carbonyl (C=O) groups excluding carboxylic acids is 1. The summed E-state index contributed by atoms with van der Waals surface area (Å²) < 4.78 is -0.447. The smallest absolute Gasteiger partial charge is 0.238 e. The lowest BCUT2D eigenvalue weighted by Gasteiger charge is -2.40. The minimum Gasteiger partial charge on any atom is -0.341 e. The van der Waals surface area contributed by atoms with Crippen LogP contribution in [0.15, 0.2) is 0 Å². The molecule has 0 aliphatic carbocycles. The van der Waals surface area contributed by atoms with E-state index in [0.717, 1.165) is 25.9 Å². The number of amides is 1. The van der Waals surface area contributed by atoms with Crippen molar-refractivity contribution >= 4 is 21.8 Å². The summed E-state index contributed by atoms with van der Waals surface area (Å²) in [5.74, 6) is 0.181. The van der Waals surface area contributed by atoms with Crippen LogP contribution in [-0.4, -0.2) is 52.3 Å². The van der Waals surface area contributed by atoms with Gasteiger partial charge in [-0.15, -0.1) is 0 Å². The minimum absolute atomic E-state index is 0.181. The molecule has 1 rings (SSSR count). The lowest BCUT2D eigenvalue weighted by atomic mass is 10.0. The predicted molar refractivity (Wildman–Crippen MR) is 75.5 cm³/mol. The van der Waals surface area contributed by atoms with Crippen molar-refractivity contribution in [2.75, 3.05) is 20.1 Å². The van der Waals surface area contributed by atoms with Crippen molar-refractivity contribution in [3.63, 3.8) is 0 Å². The van der Waals surface area contributed by atoms with Crippen LogP contribution >= 0.6 is 15.9 Å². The average molecular weight is 305 g/mol. The number of likely N-dealkylation sites (tertiary alicyclic amines) is 1. The second-order valence-electron chi connectivity index (χ2n) is 5.75. The molecule has 100 valence electrons. The third kappa shape index (κ3) is 3.95. The van der Waals surface area contributed by atoms with E-state index in [9.17, 15) is 4.79 Å². The largest absolute Gasteiger partial charge is 0.341 e. The normalized spacial score (nSPS) is 19.7. The number of hydrogen-bond donors (Lipinski definition) is 0. The van der Waals surface area contributed by atoms with Gasteiger partial charge in [0.1, 0.15) is 0 Å². The molecule has 0 saturated carbocycles. The molecule has 1 fully saturated rings. The van der Waals surface area contributed by atoms with Crippen LogP contribution in [-0.2, 0) is 4.79 Å². The van der Waals surface area contributed by atoms with Gasteiger partial charge in [-0.2, -0.15) is 0 Å². The summed E-state index contributed by atoms with van der Waals surface area (Å²) in [6, 6.07) is 1.01. The summed E-state index contributed by atoms with van der Waals surface area (Å²) in [6.45, 7) is 10.5. The molecule has 1 saturated heterocycles. The first-order valence-electron chi connectivity index (χ1n) is 6.43. The second kappa shape index (κ2) is 5.70. The fourth-order valence-corrected chi connectivity index (χ4v) is 2.65. The molecule has 0 spiro atoms. The third-order valence-corrected chi connectivity index (χ3v) is 3.95. The van der Waals surface area contributed by atoms with Crippen LogP contribution in [0.2, 0.25) is 0 Å². The molecule has 1 aliphatic heterocycles. The highest BCUT2D eigenvalue weighted by Gasteiger charge is 2.32. The first-order valence-corrected chi connectivity index (χ1v) is 7.23. The van der Waals surface area contributed by atoms with Crippen molar-refractivity contribution in [2.24, 2.45) is 0 Å². The Balaban J connectivity index is 2.52. The fourth-order valence-electron chi connectivity index (χ4n) is 2.37.